The lowest BCUT2D eigenvalue weighted by Gasteiger charge is -2.62. The summed E-state index contributed by atoms with van der Waals surface area (Å²) in [4.78, 5) is 15.5. The first-order chi connectivity index (χ1) is 17.2. The number of aliphatic hydroxyl groups excluding tert-OH is 2. The summed E-state index contributed by atoms with van der Waals surface area (Å²) in [5.41, 5.74) is 1.56. The Balaban J connectivity index is 1.15. The molecule has 1 aliphatic heterocycles. The molecule has 36 heavy (non-hydrogen) atoms. The quantitative estimate of drug-likeness (QED) is 0.473. The minimum atomic E-state index is -0.350. The zero-order valence-electron chi connectivity index (χ0n) is 21.9. The fraction of sp³-hybridized carbons (Fsp3) is 0.793. The predicted molar refractivity (Wildman–Crippen MR) is 140 cm³/mol. The second-order valence-electron chi connectivity index (χ2n) is 13.2. The number of non-ortho nitro benzene ring substituents is 1. The first kappa shape index (κ1) is 24.6. The van der Waals surface area contributed by atoms with Gasteiger partial charge in [0.05, 0.1) is 17.1 Å². The fourth-order valence-corrected chi connectivity index (χ4v) is 9.72. The van der Waals surface area contributed by atoms with Gasteiger partial charge in [0.25, 0.3) is 5.69 Å². The maximum atomic E-state index is 11.3. The van der Waals surface area contributed by atoms with Crippen LogP contribution in [0.2, 0.25) is 0 Å². The van der Waals surface area contributed by atoms with Crippen LogP contribution in [0.4, 0.5) is 11.4 Å². The van der Waals surface area contributed by atoms with Crippen LogP contribution >= 0.6 is 0 Å². The molecule has 0 spiro atoms. The van der Waals surface area contributed by atoms with Gasteiger partial charge in [0.1, 0.15) is 0 Å². The highest BCUT2D eigenvalue weighted by Crippen LogP contribution is 2.66. The third-order valence-electron chi connectivity index (χ3n) is 11.8. The van der Waals surface area contributed by atoms with Gasteiger partial charge in [0.15, 0.2) is 0 Å². The third kappa shape index (κ3) is 3.80. The highest BCUT2D eigenvalue weighted by atomic mass is 16.6. The molecule has 0 radical (unpaired) electrons. The van der Waals surface area contributed by atoms with E-state index >= 15 is 0 Å². The Kier molecular flexibility index (Phi) is 6.12. The van der Waals surface area contributed by atoms with Gasteiger partial charge in [-0.2, -0.15) is 0 Å². The molecule has 1 heterocycles. The third-order valence-corrected chi connectivity index (χ3v) is 11.8. The zero-order valence-corrected chi connectivity index (χ0v) is 21.9. The summed E-state index contributed by atoms with van der Waals surface area (Å²) < 4.78 is 0. The molecule has 1 aromatic carbocycles. The van der Waals surface area contributed by atoms with Gasteiger partial charge in [0.2, 0.25) is 0 Å². The molecule has 5 fully saturated rings. The van der Waals surface area contributed by atoms with Gasteiger partial charge < -0.3 is 15.1 Å². The van der Waals surface area contributed by atoms with E-state index in [-0.39, 0.29) is 39.7 Å². The van der Waals surface area contributed by atoms with Crippen molar-refractivity contribution in [3.05, 3.63) is 34.4 Å². The number of nitro groups is 1. The van der Waals surface area contributed by atoms with Crippen molar-refractivity contribution in [3.63, 3.8) is 0 Å². The van der Waals surface area contributed by atoms with Crippen LogP contribution in [0.1, 0.15) is 65.2 Å². The molecule has 0 bridgehead atoms. The number of nitrogens with zero attached hydrogens (tertiary/aromatic N) is 3. The molecule has 0 aromatic heterocycles. The number of piperazine rings is 1. The average molecular weight is 498 g/mol. The van der Waals surface area contributed by atoms with Crippen LogP contribution < -0.4 is 4.90 Å². The Morgan fingerprint density at radius 1 is 0.917 bits per heavy atom. The van der Waals surface area contributed by atoms with Crippen LogP contribution in [0.3, 0.4) is 0 Å². The van der Waals surface area contributed by atoms with Gasteiger partial charge in [-0.25, -0.2) is 0 Å². The molecule has 4 aliphatic carbocycles. The molecule has 7 heteroatoms. The summed E-state index contributed by atoms with van der Waals surface area (Å²) >= 11 is 0. The minimum absolute atomic E-state index is 0.117. The molecular formula is C29H43N3O4. The van der Waals surface area contributed by atoms with Crippen molar-refractivity contribution >= 4 is 11.4 Å². The van der Waals surface area contributed by atoms with Crippen molar-refractivity contribution in [2.45, 2.75) is 83.5 Å². The Bertz CT molecular complexity index is 979. The second kappa shape index (κ2) is 8.95. The van der Waals surface area contributed by atoms with Gasteiger partial charge >= 0.3 is 0 Å². The van der Waals surface area contributed by atoms with E-state index < -0.39 is 0 Å². The molecule has 0 unspecified atom stereocenters. The molecule has 4 saturated carbocycles. The van der Waals surface area contributed by atoms with Crippen LogP contribution in [-0.2, 0) is 0 Å². The van der Waals surface area contributed by atoms with Crippen molar-refractivity contribution < 1.29 is 15.1 Å². The monoisotopic (exact) mass is 497 g/mol. The van der Waals surface area contributed by atoms with E-state index in [9.17, 15) is 20.3 Å². The first-order valence-electron chi connectivity index (χ1n) is 14.3. The molecule has 9 atom stereocenters. The second-order valence-corrected chi connectivity index (χ2v) is 13.2. The molecular weight excluding hydrogens is 454 g/mol. The minimum Gasteiger partial charge on any atom is -0.393 e. The zero-order chi connectivity index (χ0) is 25.2. The van der Waals surface area contributed by atoms with E-state index in [0.717, 1.165) is 69.4 Å². The number of rotatable bonds is 3. The molecule has 1 saturated heterocycles. The number of nitro benzene ring substituents is 1. The fourth-order valence-electron chi connectivity index (χ4n) is 9.72. The van der Waals surface area contributed by atoms with E-state index in [4.69, 9.17) is 0 Å². The maximum absolute atomic E-state index is 11.3. The summed E-state index contributed by atoms with van der Waals surface area (Å²) in [6, 6.07) is 7.10. The highest BCUT2D eigenvalue weighted by Gasteiger charge is 2.61. The topological polar surface area (TPSA) is 90.1 Å². The largest absolute Gasteiger partial charge is 0.393 e. The molecule has 198 valence electrons. The number of fused-ring (bicyclic) bond motifs is 5. The molecule has 6 rings (SSSR count). The van der Waals surface area contributed by atoms with E-state index in [1.165, 1.54) is 25.7 Å². The van der Waals surface area contributed by atoms with Crippen LogP contribution in [-0.4, -0.2) is 64.5 Å². The highest BCUT2D eigenvalue weighted by molar-refractivity contribution is 5.51. The number of benzene rings is 1. The van der Waals surface area contributed by atoms with Crippen LogP contribution in [0.15, 0.2) is 24.3 Å². The first-order valence-corrected chi connectivity index (χ1v) is 14.3. The summed E-state index contributed by atoms with van der Waals surface area (Å²) in [5, 5.41) is 33.1. The van der Waals surface area contributed by atoms with E-state index in [1.807, 2.05) is 12.1 Å². The Morgan fingerprint density at radius 3 is 2.31 bits per heavy atom. The van der Waals surface area contributed by atoms with Crippen LogP contribution in [0.5, 0.6) is 0 Å². The van der Waals surface area contributed by atoms with Crippen molar-refractivity contribution in [2.24, 2.45) is 34.5 Å². The van der Waals surface area contributed by atoms with Gasteiger partial charge in [-0.05, 0) is 98.0 Å². The van der Waals surface area contributed by atoms with Crippen LogP contribution in [0, 0.1) is 44.6 Å². The summed E-state index contributed by atoms with van der Waals surface area (Å²) in [7, 11) is 0. The molecule has 1 aromatic rings. The van der Waals surface area contributed by atoms with Gasteiger partial charge in [-0.1, -0.05) is 13.8 Å². The SMILES string of the molecule is C[C@]12C[C@H](N3CCN(c4ccc([N+](=O)[O-])cc4)CC3)[C@@H](O)C[C@@H]1CC[C@@H]1[C@@H]2CC[C@]2(C)[C@@H](O)CC[C@@H]12. The molecule has 0 amide bonds. The molecule has 2 N–H and O–H groups in total. The van der Waals surface area contributed by atoms with E-state index in [0.29, 0.717) is 11.8 Å². The van der Waals surface area contributed by atoms with Crippen LogP contribution in [0.25, 0.3) is 0 Å². The predicted octanol–water partition coefficient (Wildman–Crippen LogP) is 4.46. The normalized spacial score (nSPS) is 45.0. The Hall–Kier alpha value is -1.70. The summed E-state index contributed by atoms with van der Waals surface area (Å²) in [6.45, 7) is 8.50. The van der Waals surface area contributed by atoms with Gasteiger partial charge in [0, 0.05) is 50.0 Å². The van der Waals surface area contributed by atoms with Gasteiger partial charge in [-0.3, -0.25) is 15.0 Å². The van der Waals surface area contributed by atoms with E-state index in [1.54, 1.807) is 12.1 Å². The molecule has 7 nitrogen and oxygen atoms in total. The van der Waals surface area contributed by atoms with E-state index in [2.05, 4.69) is 23.6 Å². The summed E-state index contributed by atoms with van der Waals surface area (Å²) in [6.07, 6.45) is 8.71. The number of hydrogen-bond donors (Lipinski definition) is 2. The molecule has 5 aliphatic rings. The van der Waals surface area contributed by atoms with Crippen molar-refractivity contribution in [3.8, 4) is 0 Å². The maximum Gasteiger partial charge on any atom is 0.269 e. The Labute approximate surface area is 215 Å². The standard InChI is InChI=1S/C29H43N3O4/c1-28-12-11-24-22(23(28)9-10-27(28)34)8-3-19-17-26(33)25(18-29(19,24)2)31-15-13-30(14-16-31)20-4-6-21(7-5-20)32(35)36/h4-7,19,22-27,33-34H,3,8-18H2,1-2H3/t19-,22-,23-,24-,25-,26-,27-,28-,29-/m0/s1. The smallest absolute Gasteiger partial charge is 0.269 e. The van der Waals surface area contributed by atoms with Crippen molar-refractivity contribution in [2.75, 3.05) is 31.1 Å². The number of aliphatic hydroxyl groups is 2. The summed E-state index contributed by atoms with van der Waals surface area (Å²) in [5.74, 6) is 2.73. The van der Waals surface area contributed by atoms with Crippen molar-refractivity contribution in [1.29, 1.82) is 0 Å². The van der Waals surface area contributed by atoms with Crippen molar-refractivity contribution in [1.82, 2.24) is 4.90 Å². The number of hydrogen-bond acceptors (Lipinski definition) is 6. The lowest BCUT2D eigenvalue weighted by atomic mass is 9.44. The lowest BCUT2D eigenvalue weighted by Crippen LogP contribution is -2.62. The lowest BCUT2D eigenvalue weighted by molar-refractivity contribution is -0.384. The van der Waals surface area contributed by atoms with Gasteiger partial charge in [-0.15, -0.1) is 0 Å². The number of anilines is 1. The Morgan fingerprint density at radius 2 is 1.61 bits per heavy atom. The average Bonchev–Trinajstić information content (AvgIpc) is 3.18.